The van der Waals surface area contributed by atoms with Crippen molar-refractivity contribution in [2.75, 3.05) is 18.7 Å². The van der Waals surface area contributed by atoms with E-state index >= 15 is 0 Å². The standard InChI is InChI=1S/C22H19BrN2O3/c1-5-9-28-21-19(23)12-16(13-20(21)27-4)11-18-15(3)24-25(22(18)26)17-8-6-7-14(2)10-17/h1,6-8,10-13H,9H2,2-4H3. The van der Waals surface area contributed by atoms with E-state index in [9.17, 15) is 4.79 Å². The van der Waals surface area contributed by atoms with Gasteiger partial charge in [0.1, 0.15) is 6.61 Å². The van der Waals surface area contributed by atoms with Gasteiger partial charge in [0, 0.05) is 0 Å². The molecule has 0 spiro atoms. The van der Waals surface area contributed by atoms with Crippen molar-refractivity contribution in [1.82, 2.24) is 0 Å². The Bertz CT molecular complexity index is 1030. The van der Waals surface area contributed by atoms with Gasteiger partial charge in [-0.3, -0.25) is 4.79 Å². The maximum Gasteiger partial charge on any atom is 0.280 e. The number of amides is 1. The maximum atomic E-state index is 12.9. The Balaban J connectivity index is 1.96. The van der Waals surface area contributed by atoms with Gasteiger partial charge >= 0.3 is 0 Å². The van der Waals surface area contributed by atoms with Crippen molar-refractivity contribution in [3.63, 3.8) is 0 Å². The van der Waals surface area contributed by atoms with Crippen LogP contribution in [-0.2, 0) is 4.79 Å². The minimum atomic E-state index is -0.175. The molecule has 3 rings (SSSR count). The van der Waals surface area contributed by atoms with Crippen LogP contribution in [0.4, 0.5) is 5.69 Å². The SMILES string of the molecule is C#CCOc1c(Br)cc(C=C2C(=O)N(c3cccc(C)c3)N=C2C)cc1OC. The highest BCUT2D eigenvalue weighted by molar-refractivity contribution is 9.10. The molecule has 0 saturated carbocycles. The largest absolute Gasteiger partial charge is 0.493 e. The number of anilines is 1. The molecule has 2 aromatic carbocycles. The molecule has 0 N–H and O–H groups in total. The van der Waals surface area contributed by atoms with Crippen LogP contribution in [0, 0.1) is 19.3 Å². The van der Waals surface area contributed by atoms with Crippen LogP contribution in [0.3, 0.4) is 0 Å². The second kappa shape index (κ2) is 8.32. The van der Waals surface area contributed by atoms with Crippen molar-refractivity contribution < 1.29 is 14.3 Å². The molecule has 0 unspecified atom stereocenters. The Morgan fingerprint density at radius 2 is 2.07 bits per heavy atom. The molecule has 0 aromatic heterocycles. The van der Waals surface area contributed by atoms with Crippen LogP contribution in [0.15, 0.2) is 51.5 Å². The molecule has 0 aliphatic carbocycles. The smallest absolute Gasteiger partial charge is 0.280 e. The Morgan fingerprint density at radius 3 is 2.75 bits per heavy atom. The van der Waals surface area contributed by atoms with Gasteiger partial charge in [0.15, 0.2) is 11.5 Å². The van der Waals surface area contributed by atoms with Gasteiger partial charge in [0.05, 0.1) is 28.6 Å². The van der Waals surface area contributed by atoms with Crippen LogP contribution >= 0.6 is 15.9 Å². The first-order chi connectivity index (χ1) is 13.4. The van der Waals surface area contributed by atoms with Crippen LogP contribution in [0.5, 0.6) is 11.5 Å². The van der Waals surface area contributed by atoms with Crippen molar-refractivity contribution in [1.29, 1.82) is 0 Å². The first-order valence-corrected chi connectivity index (χ1v) is 9.36. The first kappa shape index (κ1) is 19.7. The van der Waals surface area contributed by atoms with Gasteiger partial charge in [-0.15, -0.1) is 6.42 Å². The molecule has 1 heterocycles. The molecule has 0 saturated heterocycles. The highest BCUT2D eigenvalue weighted by atomic mass is 79.9. The predicted octanol–water partition coefficient (Wildman–Crippen LogP) is 4.58. The van der Waals surface area contributed by atoms with Crippen molar-refractivity contribution >= 4 is 39.3 Å². The van der Waals surface area contributed by atoms with Gasteiger partial charge in [-0.1, -0.05) is 18.1 Å². The van der Waals surface area contributed by atoms with E-state index in [0.29, 0.717) is 27.3 Å². The Kier molecular flexibility index (Phi) is 5.86. The zero-order valence-corrected chi connectivity index (χ0v) is 17.4. The fourth-order valence-corrected chi connectivity index (χ4v) is 3.44. The number of nitrogens with zero attached hydrogens (tertiary/aromatic N) is 2. The molecular formula is C22H19BrN2O3. The molecule has 6 heteroatoms. The van der Waals surface area contributed by atoms with E-state index < -0.39 is 0 Å². The highest BCUT2D eigenvalue weighted by Crippen LogP contribution is 2.37. The minimum absolute atomic E-state index is 0.130. The average molecular weight is 439 g/mol. The second-order valence-corrected chi connectivity index (χ2v) is 7.08. The molecule has 142 valence electrons. The third-order valence-electron chi connectivity index (χ3n) is 4.17. The number of benzene rings is 2. The fraction of sp³-hybridized carbons (Fsp3) is 0.182. The number of rotatable bonds is 5. The molecule has 1 aliphatic rings. The molecule has 2 aromatic rings. The summed E-state index contributed by atoms with van der Waals surface area (Å²) in [6.45, 7) is 3.92. The van der Waals surface area contributed by atoms with Gasteiger partial charge in [-0.2, -0.15) is 10.1 Å². The second-order valence-electron chi connectivity index (χ2n) is 6.23. The lowest BCUT2D eigenvalue weighted by molar-refractivity contribution is -0.114. The van der Waals surface area contributed by atoms with Crippen LogP contribution in [-0.4, -0.2) is 25.3 Å². The lowest BCUT2D eigenvalue weighted by Gasteiger charge is -2.13. The summed E-state index contributed by atoms with van der Waals surface area (Å²) in [6, 6.07) is 11.3. The molecule has 28 heavy (non-hydrogen) atoms. The van der Waals surface area contributed by atoms with E-state index in [1.165, 1.54) is 5.01 Å². The molecule has 0 atom stereocenters. The first-order valence-electron chi connectivity index (χ1n) is 8.56. The Hall–Kier alpha value is -3.04. The molecular weight excluding hydrogens is 420 g/mol. The lowest BCUT2D eigenvalue weighted by atomic mass is 10.1. The maximum absolute atomic E-state index is 12.9. The van der Waals surface area contributed by atoms with Crippen LogP contribution in [0.1, 0.15) is 18.1 Å². The summed E-state index contributed by atoms with van der Waals surface area (Å²) >= 11 is 3.48. The summed E-state index contributed by atoms with van der Waals surface area (Å²) in [6.07, 6.45) is 7.05. The van der Waals surface area contributed by atoms with Crippen molar-refractivity contribution in [2.24, 2.45) is 5.10 Å². The Labute approximate surface area is 172 Å². The average Bonchev–Trinajstić information content (AvgIpc) is 2.95. The zero-order valence-electron chi connectivity index (χ0n) is 15.8. The van der Waals surface area contributed by atoms with E-state index in [-0.39, 0.29) is 12.5 Å². The number of terminal acetylenes is 1. The molecule has 0 bridgehead atoms. The van der Waals surface area contributed by atoms with Crippen LogP contribution < -0.4 is 14.5 Å². The molecule has 1 aliphatic heterocycles. The van der Waals surface area contributed by atoms with Crippen LogP contribution in [0.2, 0.25) is 0 Å². The summed E-state index contributed by atoms with van der Waals surface area (Å²) in [7, 11) is 1.55. The quantitative estimate of drug-likeness (QED) is 0.506. The number of hydrogen-bond acceptors (Lipinski definition) is 4. The minimum Gasteiger partial charge on any atom is -0.493 e. The number of methoxy groups -OCH3 is 1. The number of halogens is 1. The van der Waals surface area contributed by atoms with E-state index in [4.69, 9.17) is 15.9 Å². The van der Waals surface area contributed by atoms with Crippen molar-refractivity contribution in [3.8, 4) is 23.8 Å². The van der Waals surface area contributed by atoms with Crippen molar-refractivity contribution in [2.45, 2.75) is 13.8 Å². The Morgan fingerprint density at radius 1 is 1.29 bits per heavy atom. The van der Waals surface area contributed by atoms with E-state index in [1.807, 2.05) is 44.2 Å². The number of aryl methyl sites for hydroxylation is 1. The monoisotopic (exact) mass is 438 g/mol. The van der Waals surface area contributed by atoms with Gasteiger partial charge < -0.3 is 9.47 Å². The summed E-state index contributed by atoms with van der Waals surface area (Å²) in [5.74, 6) is 3.29. The molecule has 0 fully saturated rings. The lowest BCUT2D eigenvalue weighted by Crippen LogP contribution is -2.21. The number of hydrogen-bond donors (Lipinski definition) is 0. The van der Waals surface area contributed by atoms with Gasteiger partial charge in [-0.25, -0.2) is 0 Å². The molecule has 0 radical (unpaired) electrons. The van der Waals surface area contributed by atoms with E-state index in [0.717, 1.165) is 16.8 Å². The summed E-state index contributed by atoms with van der Waals surface area (Å²) < 4.78 is 11.6. The van der Waals surface area contributed by atoms with E-state index in [2.05, 4.69) is 27.0 Å². The van der Waals surface area contributed by atoms with Gasteiger partial charge in [0.25, 0.3) is 5.91 Å². The normalized spacial score (nSPS) is 14.8. The van der Waals surface area contributed by atoms with Crippen LogP contribution in [0.25, 0.3) is 6.08 Å². The zero-order chi connectivity index (χ0) is 20.3. The predicted molar refractivity (Wildman–Crippen MR) is 115 cm³/mol. The van der Waals surface area contributed by atoms with E-state index in [1.54, 1.807) is 19.3 Å². The third kappa shape index (κ3) is 3.95. The van der Waals surface area contributed by atoms with Crippen molar-refractivity contribution in [3.05, 3.63) is 57.6 Å². The molecule has 1 amide bonds. The number of hydrazone groups is 1. The number of ether oxygens (including phenoxy) is 2. The number of carbonyl (C=O) groups excluding carboxylic acids is 1. The highest BCUT2D eigenvalue weighted by Gasteiger charge is 2.29. The van der Waals surface area contributed by atoms with Gasteiger partial charge in [0.2, 0.25) is 0 Å². The summed E-state index contributed by atoms with van der Waals surface area (Å²) in [4.78, 5) is 12.9. The third-order valence-corrected chi connectivity index (χ3v) is 4.76. The molecule has 5 nitrogen and oxygen atoms in total. The van der Waals surface area contributed by atoms with Gasteiger partial charge in [-0.05, 0) is 71.2 Å². The summed E-state index contributed by atoms with van der Waals surface area (Å²) in [5, 5.41) is 5.85. The fourth-order valence-electron chi connectivity index (χ4n) is 2.86. The topological polar surface area (TPSA) is 51.1 Å². The summed E-state index contributed by atoms with van der Waals surface area (Å²) in [5.41, 5.74) is 3.75. The number of carbonyl (C=O) groups is 1.